The fraction of sp³-hybridized carbons (Fsp3) is 0.348. The molecule has 0 atom stereocenters. The summed E-state index contributed by atoms with van der Waals surface area (Å²) in [5, 5.41) is 1.13. The van der Waals surface area contributed by atoms with Gasteiger partial charge in [0.25, 0.3) is 0 Å². The van der Waals surface area contributed by atoms with Gasteiger partial charge in [0.1, 0.15) is 0 Å². The lowest BCUT2D eigenvalue weighted by atomic mass is 9.99. The van der Waals surface area contributed by atoms with Crippen molar-refractivity contribution in [3.05, 3.63) is 53.7 Å². The van der Waals surface area contributed by atoms with Crippen LogP contribution in [-0.4, -0.2) is 43.8 Å². The van der Waals surface area contributed by atoms with Crippen molar-refractivity contribution < 1.29 is 13.2 Å². The molecular formula is C23H27N3O3S. The van der Waals surface area contributed by atoms with Crippen molar-refractivity contribution in [1.82, 2.24) is 14.6 Å². The van der Waals surface area contributed by atoms with Gasteiger partial charge in [0.15, 0.2) is 0 Å². The number of nitrogens with zero attached hydrogens (tertiary/aromatic N) is 1. The van der Waals surface area contributed by atoms with Gasteiger partial charge in [0.05, 0.1) is 4.90 Å². The summed E-state index contributed by atoms with van der Waals surface area (Å²) in [6.07, 6.45) is 4.08. The van der Waals surface area contributed by atoms with Crippen LogP contribution in [-0.2, 0) is 14.8 Å². The smallest absolute Gasteiger partial charge is 0.240 e. The lowest BCUT2D eigenvalue weighted by Crippen LogP contribution is -2.30. The molecular weight excluding hydrogens is 398 g/mol. The van der Waals surface area contributed by atoms with E-state index < -0.39 is 10.0 Å². The van der Waals surface area contributed by atoms with Gasteiger partial charge in [0.2, 0.25) is 15.9 Å². The minimum absolute atomic E-state index is 0.163. The number of sulfonamides is 1. The predicted octanol–water partition coefficient (Wildman–Crippen LogP) is 3.74. The Hall–Kier alpha value is -2.64. The Kier molecular flexibility index (Phi) is 5.66. The zero-order valence-electron chi connectivity index (χ0n) is 17.4. The van der Waals surface area contributed by atoms with Crippen molar-refractivity contribution in [2.45, 2.75) is 38.0 Å². The summed E-state index contributed by atoms with van der Waals surface area (Å²) in [6.45, 7) is 5.68. The lowest BCUT2D eigenvalue weighted by Gasteiger charge is -2.15. The van der Waals surface area contributed by atoms with Crippen LogP contribution in [0, 0.1) is 13.8 Å². The highest BCUT2D eigenvalue weighted by Crippen LogP contribution is 2.32. The van der Waals surface area contributed by atoms with E-state index in [1.165, 1.54) is 5.56 Å². The fourth-order valence-corrected chi connectivity index (χ4v) is 5.22. The molecule has 158 valence electrons. The number of nitrogens with one attached hydrogen (secondary N) is 2. The van der Waals surface area contributed by atoms with Crippen LogP contribution in [0.5, 0.6) is 0 Å². The molecule has 0 spiro atoms. The Morgan fingerprint density at radius 2 is 1.93 bits per heavy atom. The second-order valence-electron chi connectivity index (χ2n) is 7.96. The van der Waals surface area contributed by atoms with E-state index in [2.05, 4.69) is 34.8 Å². The Morgan fingerprint density at radius 1 is 1.10 bits per heavy atom. The molecule has 7 heteroatoms. The number of carbonyl (C=O) groups excluding carboxylic acids is 1. The van der Waals surface area contributed by atoms with Gasteiger partial charge in [-0.25, -0.2) is 13.1 Å². The standard InChI is InChI=1S/C23H27N3O3S/c1-16-6-9-22-20(13-16)21(15-24-22)19-8-7-18(14-17(19)2)30(28,29)25-10-4-12-26-11-3-5-23(26)27/h6-9,13-15,24-25H,3-5,10-12H2,1-2H3. The van der Waals surface area contributed by atoms with Crippen LogP contribution in [0.1, 0.15) is 30.4 Å². The highest BCUT2D eigenvalue weighted by atomic mass is 32.2. The Balaban J connectivity index is 1.47. The van der Waals surface area contributed by atoms with E-state index in [1.807, 2.05) is 19.2 Å². The van der Waals surface area contributed by atoms with E-state index in [1.54, 1.807) is 17.0 Å². The molecule has 1 aromatic heterocycles. The zero-order chi connectivity index (χ0) is 21.3. The number of hydrogen-bond donors (Lipinski definition) is 2. The molecule has 2 aromatic carbocycles. The maximum absolute atomic E-state index is 12.7. The fourth-order valence-electron chi connectivity index (χ4n) is 4.06. The first-order valence-electron chi connectivity index (χ1n) is 10.3. The van der Waals surface area contributed by atoms with Crippen LogP contribution in [0.2, 0.25) is 0 Å². The summed E-state index contributed by atoms with van der Waals surface area (Å²) in [5.74, 6) is 0.163. The summed E-state index contributed by atoms with van der Waals surface area (Å²) in [6, 6.07) is 11.5. The maximum Gasteiger partial charge on any atom is 0.240 e. The average molecular weight is 426 g/mol. The molecule has 1 aliphatic rings. The number of hydrogen-bond acceptors (Lipinski definition) is 3. The highest BCUT2D eigenvalue weighted by Gasteiger charge is 2.20. The average Bonchev–Trinajstić information content (AvgIpc) is 3.31. The second kappa shape index (κ2) is 8.24. The van der Waals surface area contributed by atoms with Gasteiger partial charge in [-0.2, -0.15) is 0 Å². The van der Waals surface area contributed by atoms with E-state index in [0.717, 1.165) is 40.6 Å². The number of carbonyl (C=O) groups is 1. The monoisotopic (exact) mass is 425 g/mol. The quantitative estimate of drug-likeness (QED) is 0.566. The van der Waals surface area contributed by atoms with Crippen molar-refractivity contribution in [3.63, 3.8) is 0 Å². The summed E-state index contributed by atoms with van der Waals surface area (Å²) in [7, 11) is -3.59. The first-order chi connectivity index (χ1) is 14.3. The van der Waals surface area contributed by atoms with Gasteiger partial charge in [-0.15, -0.1) is 0 Å². The van der Waals surface area contributed by atoms with Crippen molar-refractivity contribution >= 4 is 26.8 Å². The van der Waals surface area contributed by atoms with Crippen LogP contribution in [0.4, 0.5) is 0 Å². The molecule has 0 unspecified atom stereocenters. The Morgan fingerprint density at radius 3 is 2.67 bits per heavy atom. The number of H-pyrrole nitrogens is 1. The molecule has 30 heavy (non-hydrogen) atoms. The molecule has 1 amide bonds. The summed E-state index contributed by atoms with van der Waals surface area (Å²) in [5.41, 5.74) is 5.23. The Labute approximate surface area is 177 Å². The van der Waals surface area contributed by atoms with Gasteiger partial charge in [-0.3, -0.25) is 4.79 Å². The summed E-state index contributed by atoms with van der Waals surface area (Å²) >= 11 is 0. The molecule has 0 bridgehead atoms. The van der Waals surface area contributed by atoms with Crippen LogP contribution in [0.25, 0.3) is 22.0 Å². The number of rotatable bonds is 7. The molecule has 4 rings (SSSR count). The minimum atomic E-state index is -3.59. The minimum Gasteiger partial charge on any atom is -0.361 e. The third kappa shape index (κ3) is 4.13. The normalized spacial score (nSPS) is 14.7. The Bertz CT molecular complexity index is 1200. The van der Waals surface area contributed by atoms with Crippen molar-refractivity contribution in [2.75, 3.05) is 19.6 Å². The van der Waals surface area contributed by atoms with Crippen LogP contribution in [0.3, 0.4) is 0 Å². The van der Waals surface area contributed by atoms with Crippen LogP contribution in [0.15, 0.2) is 47.5 Å². The van der Waals surface area contributed by atoms with Crippen molar-refractivity contribution in [1.29, 1.82) is 0 Å². The molecule has 1 aliphatic heterocycles. The zero-order valence-corrected chi connectivity index (χ0v) is 18.2. The van der Waals surface area contributed by atoms with Crippen molar-refractivity contribution in [3.8, 4) is 11.1 Å². The number of aromatic nitrogens is 1. The van der Waals surface area contributed by atoms with Gasteiger partial charge in [-0.1, -0.05) is 17.7 Å². The number of amides is 1. The molecule has 6 nitrogen and oxygen atoms in total. The molecule has 2 N–H and O–H groups in total. The number of aromatic amines is 1. The third-order valence-electron chi connectivity index (χ3n) is 5.70. The topological polar surface area (TPSA) is 82.3 Å². The van der Waals surface area contributed by atoms with Crippen LogP contribution < -0.4 is 4.72 Å². The van der Waals surface area contributed by atoms with Crippen molar-refractivity contribution in [2.24, 2.45) is 0 Å². The van der Waals surface area contributed by atoms with Gasteiger partial charge >= 0.3 is 0 Å². The van der Waals surface area contributed by atoms with E-state index in [4.69, 9.17) is 0 Å². The molecule has 0 saturated carbocycles. The molecule has 1 saturated heterocycles. The molecule has 1 fully saturated rings. The largest absolute Gasteiger partial charge is 0.361 e. The van der Waals surface area contributed by atoms with Gasteiger partial charge < -0.3 is 9.88 Å². The number of aryl methyl sites for hydroxylation is 2. The first-order valence-corrected chi connectivity index (χ1v) is 11.8. The molecule has 0 aliphatic carbocycles. The number of likely N-dealkylation sites (tertiary alicyclic amines) is 1. The SMILES string of the molecule is Cc1ccc2[nH]cc(-c3ccc(S(=O)(=O)NCCCN4CCCC4=O)cc3C)c2c1. The summed E-state index contributed by atoms with van der Waals surface area (Å²) < 4.78 is 28.1. The van der Waals surface area contributed by atoms with Crippen LogP contribution >= 0.6 is 0 Å². The molecule has 0 radical (unpaired) electrons. The predicted molar refractivity (Wildman–Crippen MR) is 119 cm³/mol. The highest BCUT2D eigenvalue weighted by molar-refractivity contribution is 7.89. The van der Waals surface area contributed by atoms with E-state index in [9.17, 15) is 13.2 Å². The van der Waals surface area contributed by atoms with E-state index in [-0.39, 0.29) is 10.8 Å². The molecule has 3 aromatic rings. The number of fused-ring (bicyclic) bond motifs is 1. The summed E-state index contributed by atoms with van der Waals surface area (Å²) in [4.78, 5) is 17.0. The number of benzene rings is 2. The van der Waals surface area contributed by atoms with E-state index in [0.29, 0.717) is 25.9 Å². The van der Waals surface area contributed by atoms with Gasteiger partial charge in [-0.05, 0) is 62.1 Å². The van der Waals surface area contributed by atoms with Gasteiger partial charge in [0, 0.05) is 48.7 Å². The second-order valence-corrected chi connectivity index (χ2v) is 9.73. The maximum atomic E-state index is 12.7. The third-order valence-corrected chi connectivity index (χ3v) is 7.16. The van der Waals surface area contributed by atoms with E-state index >= 15 is 0 Å². The lowest BCUT2D eigenvalue weighted by molar-refractivity contribution is -0.127. The molecule has 2 heterocycles. The first kappa shape index (κ1) is 20.6.